The van der Waals surface area contributed by atoms with Crippen LogP contribution in [0.1, 0.15) is 83.1 Å². The summed E-state index contributed by atoms with van der Waals surface area (Å²) >= 11 is 7.18. The van der Waals surface area contributed by atoms with Gasteiger partial charge < -0.3 is 12.2 Å². The van der Waals surface area contributed by atoms with Crippen LogP contribution in [0.4, 0.5) is 0 Å². The molecule has 0 radical (unpaired) electrons. The molecule has 0 N–H and O–H groups in total. The van der Waals surface area contributed by atoms with Crippen molar-refractivity contribution in [3.63, 3.8) is 0 Å². The SMILES string of the molecule is CC(C)(C)C1=P[C@]2(C(C)(C)C)P3P4PC2(C(C)(C)C)[P+]1([S-])[C@@]43C(C)(C)C. The van der Waals surface area contributed by atoms with Crippen LogP contribution >= 0.6 is 37.8 Å². The first kappa shape index (κ1) is 21.5. The Hall–Kier alpha value is 2.24. The van der Waals surface area contributed by atoms with Crippen LogP contribution in [0.5, 0.6) is 0 Å². The van der Waals surface area contributed by atoms with Gasteiger partial charge in [-0.2, -0.15) is 0 Å². The molecule has 0 aromatic rings. The topological polar surface area (TPSA) is 0 Å². The van der Waals surface area contributed by atoms with Gasteiger partial charge in [-0.3, -0.25) is 0 Å². The second-order valence-electron chi connectivity index (χ2n) is 12.8. The van der Waals surface area contributed by atoms with Crippen molar-refractivity contribution in [1.82, 2.24) is 0 Å². The minimum atomic E-state index is -1.60. The molecule has 0 aromatic carbocycles. The van der Waals surface area contributed by atoms with Gasteiger partial charge in [0.05, 0.1) is 9.93 Å². The molecule has 5 unspecified atom stereocenters. The predicted molar refractivity (Wildman–Crippen MR) is 134 cm³/mol. The van der Waals surface area contributed by atoms with Gasteiger partial charge in [-0.15, -0.1) is 0 Å². The molecule has 0 aliphatic carbocycles. The third-order valence-electron chi connectivity index (χ3n) is 7.12. The fourth-order valence-corrected chi connectivity index (χ4v) is 67.9. The van der Waals surface area contributed by atoms with Gasteiger partial charge in [0.15, 0.2) is 0 Å². The highest BCUT2D eigenvalue weighted by Gasteiger charge is 3.07. The van der Waals surface area contributed by atoms with E-state index >= 15 is 0 Å². The van der Waals surface area contributed by atoms with E-state index in [9.17, 15) is 0 Å². The van der Waals surface area contributed by atoms with Crippen LogP contribution < -0.4 is 0 Å². The summed E-state index contributed by atoms with van der Waals surface area (Å²) in [5.74, 6) is 0. The lowest BCUT2D eigenvalue weighted by Crippen LogP contribution is -2.53. The van der Waals surface area contributed by atoms with Gasteiger partial charge in [0.2, 0.25) is 0 Å². The lowest BCUT2D eigenvalue weighted by molar-refractivity contribution is 0.253. The zero-order valence-electron chi connectivity index (χ0n) is 18.7. The van der Waals surface area contributed by atoms with Crippen LogP contribution in [-0.2, 0) is 12.2 Å². The van der Waals surface area contributed by atoms with Crippen LogP contribution in [-0.4, -0.2) is 19.5 Å². The van der Waals surface area contributed by atoms with E-state index < -0.39 is 6.46 Å². The highest BCUT2D eigenvalue weighted by Crippen LogP contribution is 3.40. The molecule has 4 fully saturated rings. The minimum Gasteiger partial charge on any atom is -0.549 e. The average Bonchev–Trinajstić information content (AvgIpc) is 2.62. The molecule has 0 amide bonds. The molecule has 0 saturated carbocycles. The third kappa shape index (κ3) is 1.73. The monoisotopic (exact) mass is 464 g/mol. The Morgan fingerprint density at radius 1 is 0.846 bits per heavy atom. The zero-order valence-corrected chi connectivity index (χ0v) is 24.1. The van der Waals surface area contributed by atoms with Crippen molar-refractivity contribution in [2.75, 3.05) is 0 Å². The smallest absolute Gasteiger partial charge is 0.120 e. The predicted octanol–water partition coefficient (Wildman–Crippen LogP) is 9.30. The van der Waals surface area contributed by atoms with E-state index in [-0.39, 0.29) is 20.3 Å². The van der Waals surface area contributed by atoms with Crippen molar-refractivity contribution >= 4 is 55.1 Å². The van der Waals surface area contributed by atoms with Crippen molar-refractivity contribution in [3.05, 3.63) is 0 Å². The van der Waals surface area contributed by atoms with E-state index in [1.807, 2.05) is 5.03 Å². The van der Waals surface area contributed by atoms with Gasteiger partial charge in [-0.1, -0.05) is 83.1 Å². The van der Waals surface area contributed by atoms with Crippen molar-refractivity contribution < 1.29 is 0 Å². The highest BCUT2D eigenvalue weighted by molar-refractivity contribution is 8.87. The Morgan fingerprint density at radius 3 is 1.65 bits per heavy atom. The first-order valence-corrected chi connectivity index (χ1v) is 18.8. The normalized spacial score (nSPS) is 51.2. The molecule has 4 saturated heterocycles. The molecule has 6 bridgehead atoms. The Labute approximate surface area is 174 Å². The lowest BCUT2D eigenvalue weighted by atomic mass is 9.78. The summed E-state index contributed by atoms with van der Waals surface area (Å²) in [6.07, 6.45) is 0. The van der Waals surface area contributed by atoms with Gasteiger partial charge in [-0.05, 0) is 36.0 Å². The van der Waals surface area contributed by atoms with Crippen LogP contribution in [0.2, 0.25) is 0 Å². The van der Waals surface area contributed by atoms with Crippen molar-refractivity contribution in [2.45, 2.75) is 97.5 Å². The van der Waals surface area contributed by atoms with Gasteiger partial charge in [0, 0.05) is 23.5 Å². The summed E-state index contributed by atoms with van der Waals surface area (Å²) in [6.45, 7) is 29.0. The van der Waals surface area contributed by atoms with E-state index in [0.717, 1.165) is 0 Å². The molecule has 26 heavy (non-hydrogen) atoms. The standard InChI is InChI=1S/C20H37P5S/c1-14(2,3)13-21-18(15(4,5)6)19(16(7,8)9)22-24-20(23(18)24,17(10,11)12)25(13,19)26/h22H,1-12H3/t18-,19?,20-,23?,24?,25?/m1/s1. The van der Waals surface area contributed by atoms with E-state index in [1.54, 1.807) is 8.20 Å². The van der Waals surface area contributed by atoms with Crippen LogP contribution in [0, 0.1) is 21.7 Å². The maximum Gasteiger partial charge on any atom is 0.120 e. The number of rotatable bonds is 0. The van der Waals surface area contributed by atoms with Crippen molar-refractivity contribution in [3.8, 4) is 0 Å². The summed E-state index contributed by atoms with van der Waals surface area (Å²) < 4.78 is 0.576. The highest BCUT2D eigenvalue weighted by atomic mass is 32.7. The molecule has 5 heterocycles. The van der Waals surface area contributed by atoms with Crippen LogP contribution in [0.3, 0.4) is 0 Å². The van der Waals surface area contributed by atoms with Crippen LogP contribution in [0.15, 0.2) is 0 Å². The van der Waals surface area contributed by atoms with Gasteiger partial charge in [0.1, 0.15) is 9.54 Å². The second kappa shape index (κ2) is 5.00. The Balaban J connectivity index is 2.16. The number of hydrogen-bond acceptors (Lipinski definition) is 1. The summed E-state index contributed by atoms with van der Waals surface area (Å²) in [5.41, 5.74) is 1.34. The van der Waals surface area contributed by atoms with Crippen molar-refractivity contribution in [2.24, 2.45) is 21.7 Å². The van der Waals surface area contributed by atoms with Gasteiger partial charge >= 0.3 is 0 Å². The summed E-state index contributed by atoms with van der Waals surface area (Å²) in [7, 11) is 3.19. The first-order chi connectivity index (χ1) is 11.3. The molecule has 148 valence electrons. The second-order valence-corrected chi connectivity index (χ2v) is 30.8. The summed E-state index contributed by atoms with van der Waals surface area (Å²) in [6, 6.07) is 0. The maximum absolute atomic E-state index is 7.18. The fourth-order valence-electron chi connectivity index (χ4n) is 6.48. The van der Waals surface area contributed by atoms with Crippen LogP contribution in [0.25, 0.3) is 0 Å². The molecule has 5 aliphatic heterocycles. The summed E-state index contributed by atoms with van der Waals surface area (Å²) in [5, 5.41) is 1.86. The third-order valence-corrected chi connectivity index (χ3v) is 44.0. The van der Waals surface area contributed by atoms with E-state index in [2.05, 4.69) is 83.1 Å². The molecule has 0 aromatic heterocycles. The largest absolute Gasteiger partial charge is 0.549 e. The maximum atomic E-state index is 7.18. The van der Waals surface area contributed by atoms with E-state index in [4.69, 9.17) is 12.2 Å². The van der Waals surface area contributed by atoms with Gasteiger partial charge in [-0.25, -0.2) is 0 Å². The zero-order chi connectivity index (χ0) is 20.1. The molecule has 0 nitrogen and oxygen atoms in total. The molecular formula is C20H37P5S. The molecule has 5 aliphatic rings. The fraction of sp³-hybridized carbons (Fsp3) is 0.950. The quantitative estimate of drug-likeness (QED) is 0.254. The van der Waals surface area contributed by atoms with E-state index in [1.165, 1.54) is 8.27 Å². The van der Waals surface area contributed by atoms with Crippen molar-refractivity contribution in [1.29, 1.82) is 0 Å². The number of hydrogen-bond donors (Lipinski definition) is 0. The first-order valence-electron chi connectivity index (χ1n) is 9.90. The molecule has 6 heteroatoms. The minimum absolute atomic E-state index is 0.110. The Bertz CT molecular complexity index is 733. The summed E-state index contributed by atoms with van der Waals surface area (Å²) in [4.78, 5) is 0.929. The molecule has 7 atom stereocenters. The average molecular weight is 464 g/mol. The molecular weight excluding hydrogens is 427 g/mol. The van der Waals surface area contributed by atoms with Gasteiger partial charge in [0.25, 0.3) is 0 Å². The lowest BCUT2D eigenvalue weighted by Gasteiger charge is -2.56. The molecule has 0 spiro atoms. The Kier molecular flexibility index (Phi) is 4.13. The molecule has 5 rings (SSSR count). The Morgan fingerprint density at radius 2 is 1.35 bits per heavy atom. The van der Waals surface area contributed by atoms with E-state index in [0.29, 0.717) is 30.7 Å².